The molecule has 2 aromatic rings. The van der Waals surface area contributed by atoms with E-state index in [1.54, 1.807) is 6.07 Å². The molecule has 0 fully saturated rings. The summed E-state index contributed by atoms with van der Waals surface area (Å²) in [5.41, 5.74) is 1.34. The minimum atomic E-state index is -0.270. The van der Waals surface area contributed by atoms with Gasteiger partial charge < -0.3 is 10.1 Å². The Bertz CT molecular complexity index is 727. The second-order valence-electron chi connectivity index (χ2n) is 4.81. The third kappa shape index (κ3) is 2.49. The summed E-state index contributed by atoms with van der Waals surface area (Å²) >= 11 is 0. The maximum absolute atomic E-state index is 14.0. The van der Waals surface area contributed by atoms with Crippen molar-refractivity contribution < 1.29 is 9.13 Å². The van der Waals surface area contributed by atoms with Gasteiger partial charge in [-0.3, -0.25) is 9.36 Å². The van der Waals surface area contributed by atoms with Crippen LogP contribution in [0.3, 0.4) is 0 Å². The van der Waals surface area contributed by atoms with E-state index in [9.17, 15) is 9.18 Å². The quantitative estimate of drug-likeness (QED) is 0.934. The predicted molar refractivity (Wildman–Crippen MR) is 77.1 cm³/mol. The van der Waals surface area contributed by atoms with Crippen molar-refractivity contribution in [2.45, 2.75) is 26.4 Å². The van der Waals surface area contributed by atoms with Crippen LogP contribution in [0.15, 0.2) is 29.2 Å². The van der Waals surface area contributed by atoms with Crippen LogP contribution in [0.1, 0.15) is 18.1 Å². The molecule has 0 saturated carbocycles. The van der Waals surface area contributed by atoms with Crippen LogP contribution in [0.4, 0.5) is 10.3 Å². The highest BCUT2D eigenvalue weighted by Crippen LogP contribution is 2.30. The monoisotopic (exact) mass is 289 g/mol. The van der Waals surface area contributed by atoms with Gasteiger partial charge in [0.05, 0.1) is 6.61 Å². The molecule has 0 radical (unpaired) electrons. The molecule has 0 bridgehead atoms. The van der Waals surface area contributed by atoms with Crippen molar-refractivity contribution in [3.63, 3.8) is 0 Å². The summed E-state index contributed by atoms with van der Waals surface area (Å²) in [5.74, 6) is 0.913. The van der Waals surface area contributed by atoms with Crippen molar-refractivity contribution in [3.05, 3.63) is 51.7 Å². The minimum absolute atomic E-state index is 0.128. The zero-order chi connectivity index (χ0) is 14.8. The average molecular weight is 289 g/mol. The summed E-state index contributed by atoms with van der Waals surface area (Å²) in [6.45, 7) is 3.22. The summed E-state index contributed by atoms with van der Waals surface area (Å²) in [5, 5.41) is 3.05. The van der Waals surface area contributed by atoms with Crippen LogP contribution in [0.5, 0.6) is 5.75 Å². The minimum Gasteiger partial charge on any atom is -0.493 e. The first kappa shape index (κ1) is 13.6. The van der Waals surface area contributed by atoms with Crippen LogP contribution in [0, 0.1) is 5.82 Å². The highest BCUT2D eigenvalue weighted by Gasteiger charge is 2.19. The second-order valence-corrected chi connectivity index (χ2v) is 4.81. The van der Waals surface area contributed by atoms with E-state index in [1.165, 1.54) is 22.9 Å². The molecule has 1 aliphatic heterocycles. The molecule has 0 atom stereocenters. The van der Waals surface area contributed by atoms with Crippen molar-refractivity contribution in [2.24, 2.45) is 0 Å². The molecule has 1 aromatic carbocycles. The number of anilines is 1. The van der Waals surface area contributed by atoms with Crippen LogP contribution in [0.2, 0.25) is 0 Å². The molecule has 1 aliphatic rings. The van der Waals surface area contributed by atoms with Crippen molar-refractivity contribution in [2.75, 3.05) is 11.9 Å². The first-order chi connectivity index (χ1) is 10.2. The van der Waals surface area contributed by atoms with Gasteiger partial charge in [0.1, 0.15) is 11.6 Å². The third-order valence-electron chi connectivity index (χ3n) is 3.62. The first-order valence-corrected chi connectivity index (χ1v) is 6.93. The summed E-state index contributed by atoms with van der Waals surface area (Å²) in [4.78, 5) is 15.9. The normalized spacial score (nSPS) is 12.9. The van der Waals surface area contributed by atoms with Crippen LogP contribution >= 0.6 is 0 Å². The van der Waals surface area contributed by atoms with E-state index < -0.39 is 0 Å². The molecule has 1 aromatic heterocycles. The van der Waals surface area contributed by atoms with Crippen LogP contribution in [0.25, 0.3) is 0 Å². The van der Waals surface area contributed by atoms with Gasteiger partial charge in [0.2, 0.25) is 5.95 Å². The van der Waals surface area contributed by atoms with Crippen molar-refractivity contribution in [3.8, 4) is 5.75 Å². The fourth-order valence-electron chi connectivity index (χ4n) is 2.56. The molecule has 0 saturated heterocycles. The maximum Gasteiger partial charge on any atom is 0.254 e. The fraction of sp³-hybridized carbons (Fsp3) is 0.333. The van der Waals surface area contributed by atoms with Gasteiger partial charge in [0.25, 0.3) is 5.56 Å². The molecule has 0 amide bonds. The Balaban J connectivity index is 1.88. The smallest absolute Gasteiger partial charge is 0.254 e. The molecular formula is C15H16FN3O2. The van der Waals surface area contributed by atoms with Crippen LogP contribution in [-0.2, 0) is 19.5 Å². The Kier molecular flexibility index (Phi) is 3.60. The lowest BCUT2D eigenvalue weighted by atomic mass is 10.0. The van der Waals surface area contributed by atoms with Crippen molar-refractivity contribution in [1.29, 1.82) is 0 Å². The molecule has 1 N–H and O–H groups in total. The zero-order valence-corrected chi connectivity index (χ0v) is 11.7. The Morgan fingerprint density at radius 1 is 1.43 bits per heavy atom. The molecule has 21 heavy (non-hydrogen) atoms. The summed E-state index contributed by atoms with van der Waals surface area (Å²) in [7, 11) is 0. The largest absolute Gasteiger partial charge is 0.493 e. The number of rotatable bonds is 4. The van der Waals surface area contributed by atoms with Crippen molar-refractivity contribution in [1.82, 2.24) is 9.55 Å². The number of hydrogen-bond acceptors (Lipinski definition) is 4. The Hall–Kier alpha value is -2.37. The van der Waals surface area contributed by atoms with Gasteiger partial charge in [-0.2, -0.15) is 0 Å². The molecule has 110 valence electrons. The summed E-state index contributed by atoms with van der Waals surface area (Å²) in [6, 6.07) is 4.47. The number of nitrogens with zero attached hydrogens (tertiary/aromatic N) is 2. The summed E-state index contributed by atoms with van der Waals surface area (Å²) in [6.07, 6.45) is 2.15. The Morgan fingerprint density at radius 3 is 3.10 bits per heavy atom. The Labute approximate surface area is 121 Å². The molecule has 6 heteroatoms. The molecule has 2 heterocycles. The number of halogens is 1. The number of nitrogens with one attached hydrogen (secondary N) is 1. The van der Waals surface area contributed by atoms with E-state index in [4.69, 9.17) is 4.74 Å². The fourth-order valence-corrected chi connectivity index (χ4v) is 2.56. The predicted octanol–water partition coefficient (Wildman–Crippen LogP) is 1.95. The van der Waals surface area contributed by atoms with Gasteiger partial charge in [0, 0.05) is 42.9 Å². The molecule has 0 unspecified atom stereocenters. The van der Waals surface area contributed by atoms with E-state index >= 15 is 0 Å². The van der Waals surface area contributed by atoms with E-state index in [0.29, 0.717) is 31.1 Å². The maximum atomic E-state index is 14.0. The van der Waals surface area contributed by atoms with E-state index in [2.05, 4.69) is 10.3 Å². The van der Waals surface area contributed by atoms with Gasteiger partial charge in [-0.05, 0) is 19.1 Å². The standard InChI is InChI=1S/C15H16FN3O2/c1-2-19-14(20)5-7-17-15(19)18-9-11-10-6-8-21-13(10)4-3-12(11)16/h3-5,7H,2,6,8-9H2,1H3,(H,17,18). The van der Waals surface area contributed by atoms with Gasteiger partial charge >= 0.3 is 0 Å². The highest BCUT2D eigenvalue weighted by atomic mass is 19.1. The Morgan fingerprint density at radius 2 is 2.29 bits per heavy atom. The number of fused-ring (bicyclic) bond motifs is 1. The number of ether oxygens (including phenoxy) is 1. The highest BCUT2D eigenvalue weighted by molar-refractivity contribution is 5.45. The van der Waals surface area contributed by atoms with Gasteiger partial charge in [-0.15, -0.1) is 0 Å². The molecule has 5 nitrogen and oxygen atoms in total. The zero-order valence-electron chi connectivity index (χ0n) is 11.7. The summed E-state index contributed by atoms with van der Waals surface area (Å²) < 4.78 is 21.0. The molecule has 0 aliphatic carbocycles. The average Bonchev–Trinajstić information content (AvgIpc) is 2.95. The molecule has 3 rings (SSSR count). The van der Waals surface area contributed by atoms with E-state index in [1.807, 2.05) is 6.92 Å². The molecule has 0 spiro atoms. The number of hydrogen-bond donors (Lipinski definition) is 1. The van der Waals surface area contributed by atoms with Crippen LogP contribution in [-0.4, -0.2) is 16.2 Å². The van der Waals surface area contributed by atoms with Gasteiger partial charge in [-0.1, -0.05) is 0 Å². The lowest BCUT2D eigenvalue weighted by Crippen LogP contribution is -2.23. The lowest BCUT2D eigenvalue weighted by molar-refractivity contribution is 0.356. The molecular weight excluding hydrogens is 273 g/mol. The second kappa shape index (κ2) is 5.55. The van der Waals surface area contributed by atoms with Crippen LogP contribution < -0.4 is 15.6 Å². The topological polar surface area (TPSA) is 56.1 Å². The lowest BCUT2D eigenvalue weighted by Gasteiger charge is -2.13. The van der Waals surface area contributed by atoms with E-state index in [0.717, 1.165) is 11.3 Å². The van der Waals surface area contributed by atoms with Crippen molar-refractivity contribution >= 4 is 5.95 Å². The third-order valence-corrected chi connectivity index (χ3v) is 3.62. The van der Waals surface area contributed by atoms with E-state index in [-0.39, 0.29) is 17.9 Å². The number of benzene rings is 1. The van der Waals surface area contributed by atoms with Gasteiger partial charge in [-0.25, -0.2) is 9.37 Å². The SMILES string of the molecule is CCn1c(NCc2c(F)ccc3c2CCO3)nccc1=O. The van der Waals surface area contributed by atoms with Gasteiger partial charge in [0.15, 0.2) is 0 Å². The first-order valence-electron chi connectivity index (χ1n) is 6.93. The number of aromatic nitrogens is 2.